The molecule has 0 bridgehead atoms. The Kier molecular flexibility index (Phi) is 2.45. The van der Waals surface area contributed by atoms with E-state index in [-0.39, 0.29) is 0 Å². The lowest BCUT2D eigenvalue weighted by atomic mass is 10.3. The highest BCUT2D eigenvalue weighted by molar-refractivity contribution is 9.10. The first kappa shape index (κ1) is 8.51. The fourth-order valence-corrected chi connectivity index (χ4v) is 1.60. The van der Waals surface area contributed by atoms with Crippen molar-refractivity contribution in [1.82, 2.24) is 0 Å². The molecular weight excluding hydrogens is 228 g/mol. The predicted molar refractivity (Wildman–Crippen MR) is 59.1 cm³/mol. The van der Waals surface area contributed by atoms with Gasteiger partial charge >= 0.3 is 0 Å². The third-order valence-corrected chi connectivity index (χ3v) is 2.32. The van der Waals surface area contributed by atoms with Crippen LogP contribution in [0.5, 0.6) is 0 Å². The summed E-state index contributed by atoms with van der Waals surface area (Å²) in [6.07, 6.45) is 5.77. The Labute approximate surface area is 85.7 Å². The molecule has 1 aliphatic rings. The summed E-state index contributed by atoms with van der Waals surface area (Å²) in [5, 5.41) is 0. The molecular formula is C10H9BrN2. The van der Waals surface area contributed by atoms with Crippen LogP contribution in [-0.4, -0.2) is 12.9 Å². The Bertz CT molecular complexity index is 358. The minimum atomic E-state index is 0.701. The van der Waals surface area contributed by atoms with E-state index in [2.05, 4.69) is 38.0 Å². The van der Waals surface area contributed by atoms with Gasteiger partial charge in [-0.2, -0.15) is 0 Å². The largest absolute Gasteiger partial charge is 0.328 e. The van der Waals surface area contributed by atoms with Gasteiger partial charge in [0, 0.05) is 22.6 Å². The summed E-state index contributed by atoms with van der Waals surface area (Å²) < 4.78 is 1.09. The summed E-state index contributed by atoms with van der Waals surface area (Å²) in [5.41, 5.74) is 1.16. The van der Waals surface area contributed by atoms with Crippen molar-refractivity contribution >= 4 is 27.8 Å². The first-order valence-corrected chi connectivity index (χ1v) is 4.84. The summed E-state index contributed by atoms with van der Waals surface area (Å²) in [7, 11) is 0. The van der Waals surface area contributed by atoms with E-state index in [1.807, 2.05) is 30.6 Å². The molecule has 0 saturated heterocycles. The van der Waals surface area contributed by atoms with Gasteiger partial charge in [-0.15, -0.1) is 0 Å². The van der Waals surface area contributed by atoms with Gasteiger partial charge in [0.2, 0.25) is 0 Å². The van der Waals surface area contributed by atoms with E-state index < -0.39 is 0 Å². The van der Waals surface area contributed by atoms with Gasteiger partial charge in [-0.3, -0.25) is 4.99 Å². The highest BCUT2D eigenvalue weighted by atomic mass is 79.9. The van der Waals surface area contributed by atoms with E-state index in [0.29, 0.717) is 6.67 Å². The third kappa shape index (κ3) is 1.98. The highest BCUT2D eigenvalue weighted by Gasteiger charge is 2.03. The molecule has 0 saturated carbocycles. The Hall–Kier alpha value is -1.09. The average Bonchev–Trinajstić information content (AvgIpc) is 2.19. The molecule has 66 valence electrons. The molecule has 0 N–H and O–H groups in total. The SMILES string of the molecule is Brc1cccc(N2C=CC=NC2)c1. The van der Waals surface area contributed by atoms with E-state index in [1.54, 1.807) is 0 Å². The quantitative estimate of drug-likeness (QED) is 0.733. The van der Waals surface area contributed by atoms with Gasteiger partial charge in [-0.25, -0.2) is 0 Å². The molecule has 0 amide bonds. The van der Waals surface area contributed by atoms with Crippen molar-refractivity contribution in [2.75, 3.05) is 11.6 Å². The maximum absolute atomic E-state index is 4.16. The van der Waals surface area contributed by atoms with Crippen LogP contribution in [0, 0.1) is 0 Å². The molecule has 0 aliphatic carbocycles. The van der Waals surface area contributed by atoms with Gasteiger partial charge in [0.15, 0.2) is 0 Å². The lowest BCUT2D eigenvalue weighted by Gasteiger charge is -2.19. The Balaban J connectivity index is 2.25. The molecule has 1 aliphatic heterocycles. The second-order valence-corrected chi connectivity index (χ2v) is 3.68. The third-order valence-electron chi connectivity index (χ3n) is 1.83. The van der Waals surface area contributed by atoms with E-state index in [4.69, 9.17) is 0 Å². The Morgan fingerprint density at radius 1 is 1.38 bits per heavy atom. The number of benzene rings is 1. The molecule has 0 spiro atoms. The van der Waals surface area contributed by atoms with Gasteiger partial charge in [0.25, 0.3) is 0 Å². The monoisotopic (exact) mass is 236 g/mol. The van der Waals surface area contributed by atoms with Crippen LogP contribution >= 0.6 is 15.9 Å². The van der Waals surface area contributed by atoms with Crippen molar-refractivity contribution in [3.8, 4) is 0 Å². The van der Waals surface area contributed by atoms with Crippen LogP contribution in [0.1, 0.15) is 0 Å². The number of nitrogens with zero attached hydrogens (tertiary/aromatic N) is 2. The van der Waals surface area contributed by atoms with Crippen molar-refractivity contribution in [3.05, 3.63) is 41.0 Å². The molecule has 0 unspecified atom stereocenters. The summed E-state index contributed by atoms with van der Waals surface area (Å²) >= 11 is 3.44. The fraction of sp³-hybridized carbons (Fsp3) is 0.100. The van der Waals surface area contributed by atoms with E-state index in [9.17, 15) is 0 Å². The topological polar surface area (TPSA) is 15.6 Å². The molecule has 13 heavy (non-hydrogen) atoms. The van der Waals surface area contributed by atoms with Crippen molar-refractivity contribution in [3.63, 3.8) is 0 Å². The number of rotatable bonds is 1. The van der Waals surface area contributed by atoms with Crippen LogP contribution in [0.2, 0.25) is 0 Å². The fourth-order valence-electron chi connectivity index (χ4n) is 1.21. The standard InChI is InChI=1S/C10H9BrN2/c11-9-3-1-4-10(7-9)13-6-2-5-12-8-13/h1-7H,8H2. The van der Waals surface area contributed by atoms with Crippen LogP contribution < -0.4 is 4.90 Å². The molecule has 2 nitrogen and oxygen atoms in total. The second kappa shape index (κ2) is 3.75. The van der Waals surface area contributed by atoms with Crippen molar-refractivity contribution in [1.29, 1.82) is 0 Å². The maximum atomic E-state index is 4.16. The average molecular weight is 237 g/mol. The van der Waals surface area contributed by atoms with Crippen LogP contribution in [-0.2, 0) is 0 Å². The summed E-state index contributed by atoms with van der Waals surface area (Å²) in [5.74, 6) is 0. The van der Waals surface area contributed by atoms with Crippen LogP contribution in [0.3, 0.4) is 0 Å². The minimum Gasteiger partial charge on any atom is -0.328 e. The lowest BCUT2D eigenvalue weighted by molar-refractivity contribution is 0.970. The summed E-state index contributed by atoms with van der Waals surface area (Å²) in [6.45, 7) is 0.701. The Morgan fingerprint density at radius 2 is 2.31 bits per heavy atom. The number of aliphatic imine (C=N–C) groups is 1. The Morgan fingerprint density at radius 3 is 3.00 bits per heavy atom. The molecule has 1 aromatic carbocycles. The molecule has 0 radical (unpaired) electrons. The zero-order valence-corrected chi connectivity index (χ0v) is 8.61. The molecule has 1 heterocycles. The van der Waals surface area contributed by atoms with Crippen LogP contribution in [0.15, 0.2) is 46.0 Å². The highest BCUT2D eigenvalue weighted by Crippen LogP contribution is 2.20. The van der Waals surface area contributed by atoms with Gasteiger partial charge in [-0.05, 0) is 24.3 Å². The second-order valence-electron chi connectivity index (χ2n) is 2.76. The smallest absolute Gasteiger partial charge is 0.114 e. The number of allylic oxidation sites excluding steroid dienone is 1. The van der Waals surface area contributed by atoms with E-state index >= 15 is 0 Å². The molecule has 1 aromatic rings. The van der Waals surface area contributed by atoms with E-state index in [1.165, 1.54) is 0 Å². The first-order chi connectivity index (χ1) is 6.36. The van der Waals surface area contributed by atoms with Crippen LogP contribution in [0.4, 0.5) is 5.69 Å². The molecule has 0 fully saturated rings. The predicted octanol–water partition coefficient (Wildman–Crippen LogP) is 2.81. The van der Waals surface area contributed by atoms with Gasteiger partial charge in [-0.1, -0.05) is 22.0 Å². The number of halogens is 1. The summed E-state index contributed by atoms with van der Waals surface area (Å²) in [4.78, 5) is 6.25. The van der Waals surface area contributed by atoms with Crippen molar-refractivity contribution in [2.45, 2.75) is 0 Å². The van der Waals surface area contributed by atoms with Crippen molar-refractivity contribution < 1.29 is 0 Å². The zero-order chi connectivity index (χ0) is 9.10. The number of hydrogen-bond acceptors (Lipinski definition) is 2. The molecule has 0 aromatic heterocycles. The normalized spacial score (nSPS) is 15.0. The van der Waals surface area contributed by atoms with Gasteiger partial charge in [0.05, 0.1) is 0 Å². The van der Waals surface area contributed by atoms with Gasteiger partial charge < -0.3 is 4.90 Å². The van der Waals surface area contributed by atoms with E-state index in [0.717, 1.165) is 10.2 Å². The minimum absolute atomic E-state index is 0.701. The summed E-state index contributed by atoms with van der Waals surface area (Å²) in [6, 6.07) is 8.17. The number of hydrogen-bond donors (Lipinski definition) is 0. The maximum Gasteiger partial charge on any atom is 0.114 e. The first-order valence-electron chi connectivity index (χ1n) is 4.05. The van der Waals surface area contributed by atoms with Gasteiger partial charge in [0.1, 0.15) is 6.67 Å². The number of anilines is 1. The molecule has 3 heteroatoms. The van der Waals surface area contributed by atoms with Crippen LogP contribution in [0.25, 0.3) is 0 Å². The molecule has 0 atom stereocenters. The lowest BCUT2D eigenvalue weighted by Crippen LogP contribution is -2.18. The zero-order valence-electron chi connectivity index (χ0n) is 7.02. The van der Waals surface area contributed by atoms with Crippen molar-refractivity contribution in [2.24, 2.45) is 4.99 Å². The molecule has 2 rings (SSSR count).